The zero-order chi connectivity index (χ0) is 18.5. The monoisotopic (exact) mass is 359 g/mol. The van der Waals surface area contributed by atoms with Crippen LogP contribution < -0.4 is 0 Å². The van der Waals surface area contributed by atoms with Crippen LogP contribution in [-0.2, 0) is 16.0 Å². The van der Waals surface area contributed by atoms with Crippen molar-refractivity contribution in [2.45, 2.75) is 46.3 Å². The van der Waals surface area contributed by atoms with Gasteiger partial charge in [0.25, 0.3) is 0 Å². The van der Waals surface area contributed by atoms with Crippen LogP contribution in [0.25, 0.3) is 11.0 Å². The number of piperidine rings is 1. The van der Waals surface area contributed by atoms with Crippen molar-refractivity contribution >= 4 is 16.9 Å². The summed E-state index contributed by atoms with van der Waals surface area (Å²) >= 11 is 0. The van der Waals surface area contributed by atoms with Gasteiger partial charge in [-0.15, -0.1) is 0 Å². The highest BCUT2D eigenvalue weighted by Crippen LogP contribution is 2.29. The lowest BCUT2D eigenvalue weighted by Crippen LogP contribution is -2.37. The summed E-state index contributed by atoms with van der Waals surface area (Å²) in [6.45, 7) is 9.95. The fourth-order valence-electron chi connectivity index (χ4n) is 3.40. The van der Waals surface area contributed by atoms with Gasteiger partial charge in [-0.1, -0.05) is 32.0 Å². The first-order valence-electron chi connectivity index (χ1n) is 9.60. The van der Waals surface area contributed by atoms with Crippen molar-refractivity contribution in [1.29, 1.82) is 0 Å². The highest BCUT2D eigenvalue weighted by Gasteiger charge is 2.26. The third-order valence-corrected chi connectivity index (χ3v) is 4.74. The Kier molecular flexibility index (Phi) is 6.33. The molecule has 0 N–H and O–H groups in total. The first-order valence-corrected chi connectivity index (χ1v) is 9.60. The molecule has 0 atom stereocenters. The quantitative estimate of drug-likeness (QED) is 0.692. The average Bonchev–Trinajstić information content (AvgIpc) is 3.00. The second kappa shape index (κ2) is 8.69. The van der Waals surface area contributed by atoms with Gasteiger partial charge in [-0.2, -0.15) is 0 Å². The number of carbonyl (C=O) groups excluding carboxylic acids is 1. The number of carbonyl (C=O) groups is 1. The predicted molar refractivity (Wildman–Crippen MR) is 101 cm³/mol. The topological polar surface area (TPSA) is 51.9 Å². The van der Waals surface area contributed by atoms with E-state index in [2.05, 4.69) is 18.7 Å². The Balaban J connectivity index is 1.70. The van der Waals surface area contributed by atoms with Crippen LogP contribution in [0.1, 0.15) is 49.7 Å². The van der Waals surface area contributed by atoms with Crippen LogP contribution in [0.3, 0.4) is 0 Å². The second-order valence-corrected chi connectivity index (χ2v) is 7.33. The molecule has 0 saturated carbocycles. The van der Waals surface area contributed by atoms with Crippen LogP contribution >= 0.6 is 0 Å². The minimum atomic E-state index is -0.381. The van der Waals surface area contributed by atoms with E-state index in [-0.39, 0.29) is 5.97 Å². The Hall–Kier alpha value is -1.85. The third kappa shape index (κ3) is 4.46. The number of nitrogens with zero attached hydrogens (tertiary/aromatic N) is 1. The predicted octanol–water partition coefficient (Wildman–Crippen LogP) is 4.25. The summed E-state index contributed by atoms with van der Waals surface area (Å²) in [5.74, 6) is 0.526. The van der Waals surface area contributed by atoms with Crippen LogP contribution in [0.2, 0.25) is 0 Å². The van der Waals surface area contributed by atoms with E-state index in [1.165, 1.54) is 0 Å². The summed E-state index contributed by atoms with van der Waals surface area (Å²) in [5.41, 5.74) is 1.67. The van der Waals surface area contributed by atoms with Gasteiger partial charge in [0.2, 0.25) is 5.76 Å². The lowest BCUT2D eigenvalue weighted by atomic mass is 10.0. The minimum absolute atomic E-state index is 0.339. The molecular weight excluding hydrogens is 330 g/mol. The van der Waals surface area contributed by atoms with E-state index in [9.17, 15) is 4.79 Å². The van der Waals surface area contributed by atoms with E-state index < -0.39 is 0 Å². The maximum Gasteiger partial charge on any atom is 0.374 e. The summed E-state index contributed by atoms with van der Waals surface area (Å²) in [5, 5.41) is 0.994. The number of hydrogen-bond donors (Lipinski definition) is 0. The lowest BCUT2D eigenvalue weighted by Gasteiger charge is -2.32. The van der Waals surface area contributed by atoms with Gasteiger partial charge < -0.3 is 13.9 Å². The number of likely N-dealkylation sites (tertiary alicyclic amines) is 1. The largest absolute Gasteiger partial charge is 0.460 e. The van der Waals surface area contributed by atoms with Gasteiger partial charge in [-0.3, -0.25) is 4.90 Å². The molecule has 1 aliphatic heterocycles. The zero-order valence-corrected chi connectivity index (χ0v) is 16.0. The number of ether oxygens (including phenoxy) is 2. The third-order valence-electron chi connectivity index (χ3n) is 4.74. The molecule has 0 unspecified atom stereocenters. The Morgan fingerprint density at radius 3 is 2.69 bits per heavy atom. The highest BCUT2D eigenvalue weighted by atomic mass is 16.5. The highest BCUT2D eigenvalue weighted by molar-refractivity contribution is 5.96. The molecule has 0 aliphatic carbocycles. The van der Waals surface area contributed by atoms with Crippen LogP contribution in [-0.4, -0.2) is 43.3 Å². The van der Waals surface area contributed by atoms with Crippen molar-refractivity contribution < 1.29 is 18.7 Å². The van der Waals surface area contributed by atoms with E-state index in [1.54, 1.807) is 0 Å². The van der Waals surface area contributed by atoms with E-state index in [1.807, 2.05) is 31.2 Å². The van der Waals surface area contributed by atoms with Gasteiger partial charge in [0.05, 0.1) is 12.7 Å². The fraction of sp³-hybridized carbons (Fsp3) is 0.571. The number of furan rings is 1. The van der Waals surface area contributed by atoms with Crippen molar-refractivity contribution in [1.82, 2.24) is 4.90 Å². The van der Waals surface area contributed by atoms with Crippen molar-refractivity contribution in [3.63, 3.8) is 0 Å². The number of esters is 1. The molecule has 1 aliphatic rings. The lowest BCUT2D eigenvalue weighted by molar-refractivity contribution is -0.00593. The molecule has 0 radical (unpaired) electrons. The Labute approximate surface area is 155 Å². The molecule has 1 fully saturated rings. The minimum Gasteiger partial charge on any atom is -0.460 e. The van der Waals surface area contributed by atoms with E-state index in [4.69, 9.17) is 13.9 Å². The molecular formula is C21H29NO4. The summed E-state index contributed by atoms with van der Waals surface area (Å²) < 4.78 is 17.0. The molecule has 5 heteroatoms. The number of rotatable bonds is 7. The maximum atomic E-state index is 12.3. The van der Waals surface area contributed by atoms with Gasteiger partial charge in [-0.25, -0.2) is 4.79 Å². The molecule has 2 aromatic rings. The summed E-state index contributed by atoms with van der Waals surface area (Å²) in [6.07, 6.45) is 2.40. The van der Waals surface area contributed by atoms with E-state index >= 15 is 0 Å². The number of hydrogen-bond acceptors (Lipinski definition) is 5. The van der Waals surface area contributed by atoms with Gasteiger partial charge in [0.1, 0.15) is 5.58 Å². The van der Waals surface area contributed by atoms with Crippen molar-refractivity contribution in [3.05, 3.63) is 35.6 Å². The molecule has 5 nitrogen and oxygen atoms in total. The van der Waals surface area contributed by atoms with Gasteiger partial charge in [-0.05, 0) is 31.7 Å². The molecule has 1 aromatic carbocycles. The molecule has 1 aromatic heterocycles. The Morgan fingerprint density at radius 2 is 2.00 bits per heavy atom. The second-order valence-electron chi connectivity index (χ2n) is 7.33. The smallest absolute Gasteiger partial charge is 0.374 e. The van der Waals surface area contributed by atoms with Crippen LogP contribution in [0.5, 0.6) is 0 Å². The molecule has 26 heavy (non-hydrogen) atoms. The van der Waals surface area contributed by atoms with Gasteiger partial charge >= 0.3 is 5.97 Å². The summed E-state index contributed by atoms with van der Waals surface area (Å²) in [4.78, 5) is 14.7. The normalized spacial score (nSPS) is 16.5. The maximum absolute atomic E-state index is 12.3. The van der Waals surface area contributed by atoms with Crippen molar-refractivity contribution in [2.24, 2.45) is 5.92 Å². The average molecular weight is 359 g/mol. The van der Waals surface area contributed by atoms with Crippen molar-refractivity contribution in [2.75, 3.05) is 26.3 Å². The SMILES string of the molecule is CCOC(=O)c1oc2ccccc2c1CN1CCC(OCC(C)C)CC1. The number of benzene rings is 1. The van der Waals surface area contributed by atoms with E-state index in [0.29, 0.717) is 30.9 Å². The Morgan fingerprint density at radius 1 is 1.27 bits per heavy atom. The first kappa shape index (κ1) is 18.9. The molecule has 142 valence electrons. The number of fused-ring (bicyclic) bond motifs is 1. The van der Waals surface area contributed by atoms with Crippen LogP contribution in [0.4, 0.5) is 0 Å². The van der Waals surface area contributed by atoms with E-state index in [0.717, 1.165) is 49.1 Å². The van der Waals surface area contributed by atoms with Crippen molar-refractivity contribution in [3.8, 4) is 0 Å². The standard InChI is InChI=1S/C21H29NO4/c1-4-24-21(23)20-18(17-7-5-6-8-19(17)26-20)13-22-11-9-16(10-12-22)25-14-15(2)3/h5-8,15-16H,4,9-14H2,1-3H3. The van der Waals surface area contributed by atoms with Crippen LogP contribution in [0, 0.1) is 5.92 Å². The summed E-state index contributed by atoms with van der Waals surface area (Å²) in [6, 6.07) is 7.80. The van der Waals surface area contributed by atoms with Gasteiger partial charge in [0.15, 0.2) is 0 Å². The first-order chi connectivity index (χ1) is 12.6. The summed E-state index contributed by atoms with van der Waals surface area (Å²) in [7, 11) is 0. The molecule has 2 heterocycles. The molecule has 0 bridgehead atoms. The molecule has 3 rings (SSSR count). The number of para-hydroxylation sites is 1. The zero-order valence-electron chi connectivity index (χ0n) is 16.0. The Bertz CT molecular complexity index is 729. The molecule has 1 saturated heterocycles. The van der Waals surface area contributed by atoms with Crippen LogP contribution in [0.15, 0.2) is 28.7 Å². The molecule has 0 amide bonds. The fourth-order valence-corrected chi connectivity index (χ4v) is 3.40. The molecule has 0 spiro atoms. The van der Waals surface area contributed by atoms with Gasteiger partial charge in [0, 0.05) is 37.2 Å².